The summed E-state index contributed by atoms with van der Waals surface area (Å²) >= 11 is 11.8. The van der Waals surface area contributed by atoms with Gasteiger partial charge < -0.3 is 10.6 Å². The molecule has 1 unspecified atom stereocenters. The maximum atomic E-state index is 12.0. The molecule has 120 valence electrons. The molecule has 0 heterocycles. The van der Waals surface area contributed by atoms with Gasteiger partial charge in [-0.3, -0.25) is 9.59 Å². The lowest BCUT2D eigenvalue weighted by atomic mass is 10.1. The van der Waals surface area contributed by atoms with Crippen LogP contribution in [-0.4, -0.2) is 17.9 Å². The van der Waals surface area contributed by atoms with E-state index >= 15 is 0 Å². The number of benzene rings is 2. The Morgan fingerprint density at radius 3 is 2.26 bits per heavy atom. The molecule has 0 aliphatic carbocycles. The van der Waals surface area contributed by atoms with E-state index in [4.69, 9.17) is 23.2 Å². The fourth-order valence-electron chi connectivity index (χ4n) is 2.06. The van der Waals surface area contributed by atoms with Gasteiger partial charge in [0.1, 0.15) is 0 Å². The number of amides is 2. The van der Waals surface area contributed by atoms with Gasteiger partial charge >= 0.3 is 0 Å². The molecule has 1 atom stereocenters. The number of carbonyl (C=O) groups excluding carboxylic acids is 2. The van der Waals surface area contributed by atoms with Crippen molar-refractivity contribution in [2.75, 3.05) is 5.32 Å². The molecular formula is C17H16Cl2N2O2. The summed E-state index contributed by atoms with van der Waals surface area (Å²) in [5, 5.41) is 6.38. The Kier molecular flexibility index (Phi) is 6.02. The van der Waals surface area contributed by atoms with Crippen LogP contribution in [0.15, 0.2) is 48.5 Å². The van der Waals surface area contributed by atoms with Crippen LogP contribution in [-0.2, 0) is 4.79 Å². The minimum atomic E-state index is -0.308. The first-order chi connectivity index (χ1) is 10.9. The average molecular weight is 351 g/mol. The van der Waals surface area contributed by atoms with Crippen LogP contribution in [0, 0.1) is 0 Å². The first-order valence-corrected chi connectivity index (χ1v) is 7.81. The molecule has 6 heteroatoms. The van der Waals surface area contributed by atoms with Gasteiger partial charge in [-0.1, -0.05) is 41.4 Å². The number of anilines is 1. The molecule has 0 saturated heterocycles. The van der Waals surface area contributed by atoms with Crippen LogP contribution in [0.2, 0.25) is 10.0 Å². The summed E-state index contributed by atoms with van der Waals surface area (Å²) in [6.07, 6.45) is 0.142. The fourth-order valence-corrected chi connectivity index (χ4v) is 2.59. The molecule has 4 nitrogen and oxygen atoms in total. The summed E-state index contributed by atoms with van der Waals surface area (Å²) in [6, 6.07) is 13.3. The molecule has 2 N–H and O–H groups in total. The first-order valence-electron chi connectivity index (χ1n) is 7.06. The lowest BCUT2D eigenvalue weighted by molar-refractivity contribution is -0.116. The minimum absolute atomic E-state index is 0.142. The van der Waals surface area contributed by atoms with E-state index in [1.165, 1.54) is 0 Å². The highest BCUT2D eigenvalue weighted by atomic mass is 35.5. The van der Waals surface area contributed by atoms with Gasteiger partial charge in [0.15, 0.2) is 0 Å². The number of hydrogen-bond acceptors (Lipinski definition) is 2. The third-order valence-corrected chi connectivity index (χ3v) is 3.49. The molecule has 0 radical (unpaired) electrons. The Bertz CT molecular complexity index is 685. The average Bonchev–Trinajstić information content (AvgIpc) is 2.46. The summed E-state index contributed by atoms with van der Waals surface area (Å²) in [4.78, 5) is 24.0. The van der Waals surface area contributed by atoms with Gasteiger partial charge in [0, 0.05) is 33.8 Å². The second-order valence-corrected chi connectivity index (χ2v) is 6.02. The molecule has 0 aliphatic heterocycles. The predicted molar refractivity (Wildman–Crippen MR) is 93.1 cm³/mol. The smallest absolute Gasteiger partial charge is 0.251 e. The summed E-state index contributed by atoms with van der Waals surface area (Å²) in [5.41, 5.74) is 1.08. The van der Waals surface area contributed by atoms with Crippen molar-refractivity contribution in [1.82, 2.24) is 5.32 Å². The van der Waals surface area contributed by atoms with Gasteiger partial charge in [0.25, 0.3) is 5.91 Å². The zero-order valence-electron chi connectivity index (χ0n) is 12.5. The zero-order chi connectivity index (χ0) is 16.8. The molecule has 2 aromatic rings. The van der Waals surface area contributed by atoms with Gasteiger partial charge in [-0.25, -0.2) is 0 Å². The second kappa shape index (κ2) is 7.99. The number of nitrogens with one attached hydrogen (secondary N) is 2. The number of rotatable bonds is 5. The Balaban J connectivity index is 1.88. The highest BCUT2D eigenvalue weighted by Gasteiger charge is 2.13. The van der Waals surface area contributed by atoms with E-state index in [1.807, 2.05) is 6.07 Å². The maximum Gasteiger partial charge on any atom is 0.251 e. The number of halogens is 2. The van der Waals surface area contributed by atoms with Crippen molar-refractivity contribution in [3.05, 3.63) is 64.1 Å². The van der Waals surface area contributed by atoms with Crippen LogP contribution >= 0.6 is 23.2 Å². The van der Waals surface area contributed by atoms with Gasteiger partial charge in [0.05, 0.1) is 0 Å². The van der Waals surface area contributed by atoms with Gasteiger partial charge in [0.2, 0.25) is 5.91 Å². The van der Waals surface area contributed by atoms with Crippen LogP contribution in [0.5, 0.6) is 0 Å². The molecule has 0 spiro atoms. The fraction of sp³-hybridized carbons (Fsp3) is 0.176. The van der Waals surface area contributed by atoms with Crippen molar-refractivity contribution >= 4 is 40.7 Å². The van der Waals surface area contributed by atoms with Crippen molar-refractivity contribution < 1.29 is 9.59 Å². The molecule has 2 rings (SSSR count). The lowest BCUT2D eigenvalue weighted by Gasteiger charge is -2.14. The highest BCUT2D eigenvalue weighted by Crippen LogP contribution is 2.22. The van der Waals surface area contributed by atoms with Crippen LogP contribution in [0.4, 0.5) is 5.69 Å². The SMILES string of the molecule is CC(CC(=O)Nc1cc(Cl)cc(Cl)c1)NC(=O)c1ccccc1. The lowest BCUT2D eigenvalue weighted by Crippen LogP contribution is -2.35. The van der Waals surface area contributed by atoms with Crippen molar-refractivity contribution in [2.45, 2.75) is 19.4 Å². The van der Waals surface area contributed by atoms with E-state index in [9.17, 15) is 9.59 Å². The molecule has 0 aliphatic rings. The van der Waals surface area contributed by atoms with E-state index < -0.39 is 0 Å². The van der Waals surface area contributed by atoms with Crippen molar-refractivity contribution in [1.29, 1.82) is 0 Å². The van der Waals surface area contributed by atoms with Gasteiger partial charge in [-0.2, -0.15) is 0 Å². The Morgan fingerprint density at radius 1 is 1.04 bits per heavy atom. The third-order valence-electron chi connectivity index (χ3n) is 3.05. The molecule has 2 aromatic carbocycles. The van der Waals surface area contributed by atoms with E-state index in [-0.39, 0.29) is 24.3 Å². The third kappa shape index (κ3) is 5.58. The molecule has 0 aromatic heterocycles. The summed E-state index contributed by atoms with van der Waals surface area (Å²) < 4.78 is 0. The predicted octanol–water partition coefficient (Wildman–Crippen LogP) is 4.14. The number of hydrogen-bond donors (Lipinski definition) is 2. The van der Waals surface area contributed by atoms with Crippen LogP contribution in [0.1, 0.15) is 23.7 Å². The molecule has 23 heavy (non-hydrogen) atoms. The van der Waals surface area contributed by atoms with Crippen LogP contribution in [0.25, 0.3) is 0 Å². The van der Waals surface area contributed by atoms with Crippen molar-refractivity contribution in [2.24, 2.45) is 0 Å². The normalized spacial score (nSPS) is 11.6. The largest absolute Gasteiger partial charge is 0.349 e. The van der Waals surface area contributed by atoms with Crippen LogP contribution in [0.3, 0.4) is 0 Å². The molecule has 0 bridgehead atoms. The molecular weight excluding hydrogens is 335 g/mol. The maximum absolute atomic E-state index is 12.0. The van der Waals surface area contributed by atoms with E-state index in [2.05, 4.69) is 10.6 Å². The molecule has 0 saturated carbocycles. The summed E-state index contributed by atoms with van der Waals surface area (Å²) in [7, 11) is 0. The Labute approximate surface area is 144 Å². The highest BCUT2D eigenvalue weighted by molar-refractivity contribution is 6.35. The molecule has 0 fully saturated rings. The zero-order valence-corrected chi connectivity index (χ0v) is 14.0. The Morgan fingerprint density at radius 2 is 1.65 bits per heavy atom. The number of carbonyl (C=O) groups is 2. The van der Waals surface area contributed by atoms with Crippen molar-refractivity contribution in [3.8, 4) is 0 Å². The minimum Gasteiger partial charge on any atom is -0.349 e. The van der Waals surface area contributed by atoms with Gasteiger partial charge in [-0.05, 0) is 37.3 Å². The topological polar surface area (TPSA) is 58.2 Å². The van der Waals surface area contributed by atoms with Crippen molar-refractivity contribution in [3.63, 3.8) is 0 Å². The monoisotopic (exact) mass is 350 g/mol. The summed E-state index contributed by atoms with van der Waals surface area (Å²) in [5.74, 6) is -0.444. The second-order valence-electron chi connectivity index (χ2n) is 5.15. The van der Waals surface area contributed by atoms with Gasteiger partial charge in [-0.15, -0.1) is 0 Å². The van der Waals surface area contributed by atoms with E-state index in [1.54, 1.807) is 49.4 Å². The van der Waals surface area contributed by atoms with E-state index in [0.29, 0.717) is 21.3 Å². The summed E-state index contributed by atoms with van der Waals surface area (Å²) in [6.45, 7) is 1.77. The van der Waals surface area contributed by atoms with Crippen LogP contribution < -0.4 is 10.6 Å². The van der Waals surface area contributed by atoms with E-state index in [0.717, 1.165) is 0 Å². The first kappa shape index (κ1) is 17.3. The quantitative estimate of drug-likeness (QED) is 0.851. The standard InChI is InChI=1S/C17H16Cl2N2O2/c1-11(20-17(23)12-5-3-2-4-6-12)7-16(22)21-15-9-13(18)8-14(19)10-15/h2-6,8-11H,7H2,1H3,(H,20,23)(H,21,22). The Hall–Kier alpha value is -2.04. The molecule has 2 amide bonds.